The van der Waals surface area contributed by atoms with E-state index in [9.17, 15) is 9.59 Å². The molecule has 2 heterocycles. The average Bonchev–Trinajstić information content (AvgIpc) is 2.72. The SMILES string of the molecule is COC(CCC(=O)C1CC2COCC(C1)N2C(=O)OCc1ccccc1)OC. The van der Waals surface area contributed by atoms with Gasteiger partial charge in [-0.3, -0.25) is 9.69 Å². The third-order valence-corrected chi connectivity index (χ3v) is 5.54. The van der Waals surface area contributed by atoms with Crippen LogP contribution in [0.5, 0.6) is 0 Å². The first kappa shape index (κ1) is 20.8. The summed E-state index contributed by atoms with van der Waals surface area (Å²) in [6.45, 7) is 1.13. The van der Waals surface area contributed by atoms with E-state index in [1.165, 1.54) is 0 Å². The number of hydrogen-bond donors (Lipinski definition) is 0. The molecule has 154 valence electrons. The number of rotatable bonds is 8. The molecule has 1 aromatic carbocycles. The fraction of sp³-hybridized carbons (Fsp3) is 0.619. The molecular weight excluding hydrogens is 362 g/mol. The maximum Gasteiger partial charge on any atom is 0.410 e. The van der Waals surface area contributed by atoms with Gasteiger partial charge < -0.3 is 18.9 Å². The molecule has 7 nitrogen and oxygen atoms in total. The highest BCUT2D eigenvalue weighted by Crippen LogP contribution is 2.33. The first-order valence-corrected chi connectivity index (χ1v) is 9.77. The Morgan fingerprint density at radius 2 is 1.75 bits per heavy atom. The smallest absolute Gasteiger partial charge is 0.410 e. The zero-order valence-electron chi connectivity index (χ0n) is 16.5. The van der Waals surface area contributed by atoms with E-state index >= 15 is 0 Å². The lowest BCUT2D eigenvalue weighted by molar-refractivity contribution is -0.136. The van der Waals surface area contributed by atoms with E-state index in [4.69, 9.17) is 18.9 Å². The number of nitrogens with zero attached hydrogens (tertiary/aromatic N) is 1. The second-order valence-electron chi connectivity index (χ2n) is 7.37. The van der Waals surface area contributed by atoms with Crippen LogP contribution in [0.2, 0.25) is 0 Å². The number of ketones is 1. The van der Waals surface area contributed by atoms with Crippen molar-refractivity contribution in [2.75, 3.05) is 27.4 Å². The van der Waals surface area contributed by atoms with Gasteiger partial charge in [0.1, 0.15) is 12.4 Å². The number of fused-ring (bicyclic) bond motifs is 2. The number of morpholine rings is 1. The van der Waals surface area contributed by atoms with E-state index < -0.39 is 0 Å². The number of Topliss-reactive ketones (excluding diaryl/α,β-unsaturated/α-hetero) is 1. The first-order chi connectivity index (χ1) is 13.6. The number of benzene rings is 1. The van der Waals surface area contributed by atoms with Gasteiger partial charge in [-0.2, -0.15) is 0 Å². The van der Waals surface area contributed by atoms with Crippen LogP contribution in [0.3, 0.4) is 0 Å². The minimum atomic E-state index is -0.361. The summed E-state index contributed by atoms with van der Waals surface area (Å²) < 4.78 is 21.5. The molecule has 2 aliphatic heterocycles. The molecular formula is C21H29NO6. The molecule has 0 radical (unpaired) electrons. The lowest BCUT2D eigenvalue weighted by atomic mass is 9.81. The van der Waals surface area contributed by atoms with Crippen LogP contribution >= 0.6 is 0 Å². The summed E-state index contributed by atoms with van der Waals surface area (Å²) in [7, 11) is 3.14. The highest BCUT2D eigenvalue weighted by Gasteiger charge is 2.44. The summed E-state index contributed by atoms with van der Waals surface area (Å²) in [5.74, 6) is 0.139. The van der Waals surface area contributed by atoms with Gasteiger partial charge >= 0.3 is 6.09 Å². The minimum absolute atomic E-state index is 0.0635. The van der Waals surface area contributed by atoms with Gasteiger partial charge in [-0.05, 0) is 18.4 Å². The van der Waals surface area contributed by atoms with Crippen LogP contribution in [0, 0.1) is 5.92 Å². The third-order valence-electron chi connectivity index (χ3n) is 5.54. The van der Waals surface area contributed by atoms with Crippen molar-refractivity contribution in [1.82, 2.24) is 4.90 Å². The highest BCUT2D eigenvalue weighted by molar-refractivity contribution is 5.81. The summed E-state index contributed by atoms with van der Waals surface area (Å²) in [6, 6.07) is 9.37. The Bertz CT molecular complexity index is 634. The number of piperidine rings is 1. The quantitative estimate of drug-likeness (QED) is 0.635. The predicted molar refractivity (Wildman–Crippen MR) is 102 cm³/mol. The molecule has 2 fully saturated rings. The molecule has 0 aromatic heterocycles. The molecule has 7 heteroatoms. The van der Waals surface area contributed by atoms with Gasteiger partial charge in [-0.25, -0.2) is 4.79 Å². The van der Waals surface area contributed by atoms with E-state index in [1.807, 2.05) is 30.3 Å². The summed E-state index contributed by atoms with van der Waals surface area (Å²) in [5.41, 5.74) is 0.952. The van der Waals surface area contributed by atoms with Crippen molar-refractivity contribution in [2.24, 2.45) is 5.92 Å². The molecule has 0 saturated carbocycles. The lowest BCUT2D eigenvalue weighted by Crippen LogP contribution is -2.59. The van der Waals surface area contributed by atoms with Crippen LogP contribution in [-0.2, 0) is 30.3 Å². The highest BCUT2D eigenvalue weighted by atomic mass is 16.7. The van der Waals surface area contributed by atoms with Crippen molar-refractivity contribution in [2.45, 2.75) is 50.7 Å². The summed E-state index contributed by atoms with van der Waals surface area (Å²) >= 11 is 0. The van der Waals surface area contributed by atoms with E-state index in [0.717, 1.165) is 5.56 Å². The van der Waals surface area contributed by atoms with Crippen LogP contribution in [0.1, 0.15) is 31.2 Å². The molecule has 1 amide bonds. The van der Waals surface area contributed by atoms with E-state index in [0.29, 0.717) is 38.9 Å². The number of amides is 1. The molecule has 1 aromatic rings. The van der Waals surface area contributed by atoms with Crippen molar-refractivity contribution in [3.8, 4) is 0 Å². The van der Waals surface area contributed by atoms with Crippen molar-refractivity contribution >= 4 is 11.9 Å². The van der Waals surface area contributed by atoms with Gasteiger partial charge in [0, 0.05) is 33.0 Å². The zero-order valence-corrected chi connectivity index (χ0v) is 16.5. The Morgan fingerprint density at radius 1 is 1.11 bits per heavy atom. The van der Waals surface area contributed by atoms with E-state index in [-0.39, 0.29) is 42.8 Å². The topological polar surface area (TPSA) is 74.3 Å². The van der Waals surface area contributed by atoms with Crippen LogP contribution in [0.4, 0.5) is 4.79 Å². The van der Waals surface area contributed by atoms with Gasteiger partial charge in [0.05, 0.1) is 25.3 Å². The van der Waals surface area contributed by atoms with Gasteiger partial charge in [-0.15, -0.1) is 0 Å². The number of carbonyl (C=O) groups is 2. The van der Waals surface area contributed by atoms with Crippen molar-refractivity contribution < 1.29 is 28.5 Å². The standard InChI is InChI=1S/C21H29NO6/c1-25-20(26-2)9-8-19(23)16-10-17-13-27-14-18(11-16)22(17)21(24)28-12-15-6-4-3-5-7-15/h3-7,16-18,20H,8-14H2,1-2H3. The predicted octanol–water partition coefficient (Wildman–Crippen LogP) is 2.77. The summed E-state index contributed by atoms with van der Waals surface area (Å²) in [5, 5.41) is 0. The van der Waals surface area contributed by atoms with Crippen LogP contribution in [-0.4, -0.2) is 62.6 Å². The Labute approximate surface area is 165 Å². The molecule has 0 aliphatic carbocycles. The molecule has 0 spiro atoms. The second kappa shape index (κ2) is 10.0. The third kappa shape index (κ3) is 5.10. The average molecular weight is 391 g/mol. The number of ether oxygens (including phenoxy) is 4. The molecule has 2 aliphatic rings. The van der Waals surface area contributed by atoms with Crippen LogP contribution in [0.15, 0.2) is 30.3 Å². The largest absolute Gasteiger partial charge is 0.445 e. The minimum Gasteiger partial charge on any atom is -0.445 e. The van der Waals surface area contributed by atoms with Crippen molar-refractivity contribution in [3.05, 3.63) is 35.9 Å². The Balaban J connectivity index is 1.55. The Hall–Kier alpha value is -1.96. The van der Waals surface area contributed by atoms with Gasteiger partial charge in [0.2, 0.25) is 0 Å². The van der Waals surface area contributed by atoms with Gasteiger partial charge in [0.25, 0.3) is 0 Å². The Morgan fingerprint density at radius 3 is 2.36 bits per heavy atom. The Kier molecular flexibility index (Phi) is 7.42. The molecule has 2 atom stereocenters. The molecule has 2 saturated heterocycles. The fourth-order valence-corrected chi connectivity index (χ4v) is 4.07. The maximum atomic E-state index is 12.7. The number of methoxy groups -OCH3 is 2. The van der Waals surface area contributed by atoms with Crippen LogP contribution < -0.4 is 0 Å². The van der Waals surface area contributed by atoms with Gasteiger partial charge in [-0.1, -0.05) is 30.3 Å². The monoisotopic (exact) mass is 391 g/mol. The normalized spacial score (nSPS) is 24.2. The van der Waals surface area contributed by atoms with E-state index in [1.54, 1.807) is 19.1 Å². The van der Waals surface area contributed by atoms with E-state index in [2.05, 4.69) is 0 Å². The number of hydrogen-bond acceptors (Lipinski definition) is 6. The summed E-state index contributed by atoms with van der Waals surface area (Å²) in [6.07, 6.45) is 1.49. The molecule has 0 N–H and O–H groups in total. The summed E-state index contributed by atoms with van der Waals surface area (Å²) in [4.78, 5) is 27.1. The molecule has 2 unspecified atom stereocenters. The van der Waals surface area contributed by atoms with Crippen molar-refractivity contribution in [3.63, 3.8) is 0 Å². The second-order valence-corrected chi connectivity index (χ2v) is 7.37. The van der Waals surface area contributed by atoms with Crippen molar-refractivity contribution in [1.29, 1.82) is 0 Å². The van der Waals surface area contributed by atoms with Crippen LogP contribution in [0.25, 0.3) is 0 Å². The number of carbonyl (C=O) groups excluding carboxylic acids is 2. The first-order valence-electron chi connectivity index (χ1n) is 9.77. The fourth-order valence-electron chi connectivity index (χ4n) is 4.07. The maximum absolute atomic E-state index is 12.7. The zero-order chi connectivity index (χ0) is 19.9. The molecule has 2 bridgehead atoms. The molecule has 28 heavy (non-hydrogen) atoms. The van der Waals surface area contributed by atoms with Gasteiger partial charge in [0.15, 0.2) is 6.29 Å². The lowest BCUT2D eigenvalue weighted by Gasteiger charge is -2.47. The molecule has 3 rings (SSSR count).